The van der Waals surface area contributed by atoms with Gasteiger partial charge in [-0.05, 0) is 13.8 Å². The number of carbonyl (C=O) groups excluding carboxylic acids is 1. The Morgan fingerprint density at radius 1 is 1.35 bits per heavy atom. The molecule has 5 nitrogen and oxygen atoms in total. The molecule has 17 heavy (non-hydrogen) atoms. The molecule has 1 atom stereocenters. The third kappa shape index (κ3) is 7.52. The van der Waals surface area contributed by atoms with Gasteiger partial charge < -0.3 is 14.3 Å². The number of carbonyl (C=O) groups is 2. The maximum Gasteiger partial charge on any atom is 0.333 e. The molecule has 0 saturated carbocycles. The zero-order valence-electron chi connectivity index (χ0n) is 11.2. The fraction of sp³-hybridized carbons (Fsp3) is 0.667. The molecular weight excluding hydrogens is 222 g/mol. The monoisotopic (exact) mass is 244 g/mol. The number of carboxylic acid groups (broad SMARTS) is 1. The molecule has 0 aliphatic rings. The first-order valence-corrected chi connectivity index (χ1v) is 5.52. The van der Waals surface area contributed by atoms with Crippen molar-refractivity contribution < 1.29 is 23.9 Å². The summed E-state index contributed by atoms with van der Waals surface area (Å²) in [6.07, 6.45) is 0.875. The van der Waals surface area contributed by atoms with Crippen LogP contribution in [0.2, 0.25) is 0 Å². The molecule has 0 rings (SSSR count). The van der Waals surface area contributed by atoms with Crippen molar-refractivity contribution in [3.63, 3.8) is 0 Å². The third-order valence-corrected chi connectivity index (χ3v) is 2.18. The topological polar surface area (TPSA) is 63.6 Å². The van der Waals surface area contributed by atoms with E-state index in [1.54, 1.807) is 19.9 Å². The van der Waals surface area contributed by atoms with Crippen molar-refractivity contribution in [2.75, 3.05) is 27.7 Å². The van der Waals surface area contributed by atoms with Gasteiger partial charge in [0.25, 0.3) is 0 Å². The van der Waals surface area contributed by atoms with Crippen molar-refractivity contribution in [2.24, 2.45) is 0 Å². The Labute approximate surface area is 102 Å². The van der Waals surface area contributed by atoms with E-state index in [9.17, 15) is 9.59 Å². The van der Waals surface area contributed by atoms with Gasteiger partial charge in [-0.2, -0.15) is 0 Å². The molecule has 0 spiro atoms. The molecule has 0 aromatic heterocycles. The normalized spacial score (nSPS) is 14.3. The second kappa shape index (κ2) is 6.39. The predicted octanol–water partition coefficient (Wildman–Crippen LogP) is 1.05. The molecular formula is C12H22NO4+. The molecule has 0 fully saturated rings. The smallest absolute Gasteiger partial charge is 0.333 e. The van der Waals surface area contributed by atoms with E-state index in [0.29, 0.717) is 16.6 Å². The molecule has 1 N–H and O–H groups in total. The van der Waals surface area contributed by atoms with Crippen molar-refractivity contribution in [1.29, 1.82) is 0 Å². The first-order chi connectivity index (χ1) is 7.65. The number of hydrogen-bond acceptors (Lipinski definition) is 3. The summed E-state index contributed by atoms with van der Waals surface area (Å²) in [5.41, 5.74) is 0.488. The van der Waals surface area contributed by atoms with E-state index in [0.717, 1.165) is 0 Å². The van der Waals surface area contributed by atoms with E-state index >= 15 is 0 Å². The Hall–Kier alpha value is -1.36. The van der Waals surface area contributed by atoms with Crippen LogP contribution in [-0.4, -0.2) is 55.3 Å². The van der Waals surface area contributed by atoms with Gasteiger partial charge in [-0.15, -0.1) is 0 Å². The minimum absolute atomic E-state index is 0.168. The van der Waals surface area contributed by atoms with Crippen LogP contribution in [0.5, 0.6) is 0 Å². The Balaban J connectivity index is 4.60. The number of carboxylic acids is 1. The molecule has 0 heterocycles. The van der Waals surface area contributed by atoms with E-state index in [2.05, 4.69) is 0 Å². The standard InChI is InChI=1S/C12H21NO4/c1-6-9(2)12(16)17-10(7-11(14)15)8-13(3,4)5/h6,10H,7-8H2,1-5H3/p+1. The van der Waals surface area contributed by atoms with Crippen LogP contribution in [0.3, 0.4) is 0 Å². The molecule has 0 aromatic rings. The molecule has 0 aliphatic heterocycles. The summed E-state index contributed by atoms with van der Waals surface area (Å²) in [5, 5.41) is 8.78. The van der Waals surface area contributed by atoms with Crippen molar-refractivity contribution in [2.45, 2.75) is 26.4 Å². The van der Waals surface area contributed by atoms with Crippen molar-refractivity contribution in [3.05, 3.63) is 11.6 Å². The summed E-state index contributed by atoms with van der Waals surface area (Å²) in [5.74, 6) is -1.42. The zero-order chi connectivity index (χ0) is 13.6. The fourth-order valence-electron chi connectivity index (χ4n) is 1.31. The summed E-state index contributed by atoms with van der Waals surface area (Å²) in [6.45, 7) is 3.85. The van der Waals surface area contributed by atoms with Crippen molar-refractivity contribution in [1.82, 2.24) is 0 Å². The van der Waals surface area contributed by atoms with E-state index in [1.807, 2.05) is 21.1 Å². The maximum absolute atomic E-state index is 11.6. The molecule has 0 aliphatic carbocycles. The van der Waals surface area contributed by atoms with Crippen LogP contribution in [-0.2, 0) is 14.3 Å². The van der Waals surface area contributed by atoms with Crippen LogP contribution in [0.15, 0.2) is 11.6 Å². The first-order valence-electron chi connectivity index (χ1n) is 5.52. The highest BCUT2D eigenvalue weighted by atomic mass is 16.5. The largest absolute Gasteiger partial charge is 0.481 e. The van der Waals surface area contributed by atoms with Gasteiger partial charge >= 0.3 is 11.9 Å². The highest BCUT2D eigenvalue weighted by Crippen LogP contribution is 2.08. The van der Waals surface area contributed by atoms with E-state index in [1.165, 1.54) is 0 Å². The Morgan fingerprint density at radius 2 is 1.88 bits per heavy atom. The lowest BCUT2D eigenvalue weighted by Crippen LogP contribution is -2.43. The lowest BCUT2D eigenvalue weighted by Gasteiger charge is -2.28. The summed E-state index contributed by atoms with van der Waals surface area (Å²) in [6, 6.07) is 0. The number of ether oxygens (including phenoxy) is 1. The van der Waals surface area contributed by atoms with Crippen LogP contribution in [0, 0.1) is 0 Å². The molecule has 98 valence electrons. The SMILES string of the molecule is CC=C(C)C(=O)OC(CC(=O)O)C[N+](C)(C)C. The number of aliphatic carboxylic acids is 1. The van der Waals surface area contributed by atoms with Gasteiger partial charge in [0.15, 0.2) is 6.10 Å². The van der Waals surface area contributed by atoms with Gasteiger partial charge in [0.1, 0.15) is 6.54 Å². The Morgan fingerprint density at radius 3 is 2.24 bits per heavy atom. The zero-order valence-corrected chi connectivity index (χ0v) is 11.2. The second-order valence-electron chi connectivity index (χ2n) is 5.07. The van der Waals surface area contributed by atoms with Crippen molar-refractivity contribution in [3.8, 4) is 0 Å². The van der Waals surface area contributed by atoms with Crippen LogP contribution in [0.4, 0.5) is 0 Å². The van der Waals surface area contributed by atoms with Crippen LogP contribution < -0.4 is 0 Å². The predicted molar refractivity (Wildman–Crippen MR) is 64.5 cm³/mol. The number of likely N-dealkylation sites (N-methyl/N-ethyl adjacent to an activating group) is 1. The fourth-order valence-corrected chi connectivity index (χ4v) is 1.31. The molecule has 0 saturated heterocycles. The second-order valence-corrected chi connectivity index (χ2v) is 5.07. The highest BCUT2D eigenvalue weighted by Gasteiger charge is 2.24. The van der Waals surface area contributed by atoms with E-state index < -0.39 is 18.0 Å². The first kappa shape index (κ1) is 15.6. The lowest BCUT2D eigenvalue weighted by molar-refractivity contribution is -0.873. The number of nitrogens with zero attached hydrogens (tertiary/aromatic N) is 1. The maximum atomic E-state index is 11.6. The van der Waals surface area contributed by atoms with Gasteiger partial charge in [-0.1, -0.05) is 6.08 Å². The van der Waals surface area contributed by atoms with Gasteiger partial charge in [0, 0.05) is 5.57 Å². The third-order valence-electron chi connectivity index (χ3n) is 2.18. The average Bonchev–Trinajstić information content (AvgIpc) is 2.12. The summed E-state index contributed by atoms with van der Waals surface area (Å²) in [4.78, 5) is 22.3. The number of rotatable bonds is 6. The number of hydrogen-bond donors (Lipinski definition) is 1. The average molecular weight is 244 g/mol. The Kier molecular flexibility index (Phi) is 5.88. The van der Waals surface area contributed by atoms with Crippen LogP contribution in [0.1, 0.15) is 20.3 Å². The minimum atomic E-state index is -0.964. The molecule has 1 unspecified atom stereocenters. The van der Waals surface area contributed by atoms with Gasteiger partial charge in [-0.25, -0.2) is 4.79 Å². The van der Waals surface area contributed by atoms with Crippen LogP contribution in [0.25, 0.3) is 0 Å². The van der Waals surface area contributed by atoms with Crippen molar-refractivity contribution >= 4 is 11.9 Å². The highest BCUT2D eigenvalue weighted by molar-refractivity contribution is 5.87. The molecule has 5 heteroatoms. The van der Waals surface area contributed by atoms with Gasteiger partial charge in [-0.3, -0.25) is 4.79 Å². The summed E-state index contributed by atoms with van der Waals surface area (Å²) >= 11 is 0. The van der Waals surface area contributed by atoms with E-state index in [4.69, 9.17) is 9.84 Å². The lowest BCUT2D eigenvalue weighted by atomic mass is 10.2. The molecule has 0 aromatic carbocycles. The molecule has 0 radical (unpaired) electrons. The summed E-state index contributed by atoms with van der Waals surface area (Å²) in [7, 11) is 5.77. The summed E-state index contributed by atoms with van der Waals surface area (Å²) < 4.78 is 5.73. The molecule has 0 amide bonds. The number of esters is 1. The van der Waals surface area contributed by atoms with E-state index in [-0.39, 0.29) is 6.42 Å². The van der Waals surface area contributed by atoms with Gasteiger partial charge in [0.05, 0.1) is 27.6 Å². The van der Waals surface area contributed by atoms with Gasteiger partial charge in [0.2, 0.25) is 0 Å². The minimum Gasteiger partial charge on any atom is -0.481 e. The van der Waals surface area contributed by atoms with Crippen LogP contribution >= 0.6 is 0 Å². The quantitative estimate of drug-likeness (QED) is 0.431. The number of quaternary nitrogens is 1. The Bertz CT molecular complexity index is 315. The molecule has 0 bridgehead atoms. The number of allylic oxidation sites excluding steroid dienone is 1.